The predicted molar refractivity (Wildman–Crippen MR) is 114 cm³/mol. The Bertz CT molecular complexity index is 808. The van der Waals surface area contributed by atoms with Crippen molar-refractivity contribution in [2.24, 2.45) is 5.92 Å². The molecule has 0 bridgehead atoms. The van der Waals surface area contributed by atoms with Crippen LogP contribution in [0.3, 0.4) is 0 Å². The van der Waals surface area contributed by atoms with Gasteiger partial charge in [-0.15, -0.1) is 0 Å². The molecule has 1 heterocycles. The van der Waals surface area contributed by atoms with Crippen LogP contribution < -0.4 is 15.4 Å². The van der Waals surface area contributed by atoms with E-state index in [1.165, 1.54) is 0 Å². The quantitative estimate of drug-likeness (QED) is 0.756. The summed E-state index contributed by atoms with van der Waals surface area (Å²) >= 11 is 0. The number of rotatable bonds is 7. The lowest BCUT2D eigenvalue weighted by molar-refractivity contribution is -0.129. The van der Waals surface area contributed by atoms with Crippen molar-refractivity contribution in [2.45, 2.75) is 32.4 Å². The van der Waals surface area contributed by atoms with Crippen molar-refractivity contribution in [3.8, 4) is 5.75 Å². The molecule has 0 saturated carbocycles. The maximum atomic E-state index is 12.6. The Hall–Kier alpha value is -2.86. The number of hydrogen-bond donors (Lipinski definition) is 2. The first-order valence-electron chi connectivity index (χ1n) is 10.1. The van der Waals surface area contributed by atoms with Crippen molar-refractivity contribution in [3.63, 3.8) is 0 Å². The Morgan fingerprint density at radius 3 is 2.55 bits per heavy atom. The fraction of sp³-hybridized carbons (Fsp3) is 0.391. The third-order valence-electron chi connectivity index (χ3n) is 5.42. The Labute approximate surface area is 172 Å². The number of likely N-dealkylation sites (tertiary alicyclic amines) is 1. The molecule has 1 aliphatic heterocycles. The van der Waals surface area contributed by atoms with Gasteiger partial charge in [-0.3, -0.25) is 14.5 Å². The summed E-state index contributed by atoms with van der Waals surface area (Å²) < 4.78 is 5.15. The zero-order valence-corrected chi connectivity index (χ0v) is 17.1. The highest BCUT2D eigenvalue weighted by Crippen LogP contribution is 2.21. The number of nitrogens with zero attached hydrogens (tertiary/aromatic N) is 1. The van der Waals surface area contributed by atoms with Gasteiger partial charge in [-0.25, -0.2) is 0 Å². The number of hydrogen-bond acceptors (Lipinski definition) is 4. The van der Waals surface area contributed by atoms with Gasteiger partial charge in [0.15, 0.2) is 0 Å². The molecule has 6 nitrogen and oxygen atoms in total. The molecule has 1 fully saturated rings. The van der Waals surface area contributed by atoms with E-state index >= 15 is 0 Å². The number of carbonyl (C=O) groups is 2. The molecular formula is C23H29N3O3. The number of ether oxygens (including phenoxy) is 1. The second-order valence-corrected chi connectivity index (χ2v) is 7.43. The molecule has 1 saturated heterocycles. The number of benzene rings is 2. The Kier molecular flexibility index (Phi) is 7.25. The summed E-state index contributed by atoms with van der Waals surface area (Å²) in [4.78, 5) is 27.3. The lowest BCUT2D eigenvalue weighted by Gasteiger charge is -2.35. The van der Waals surface area contributed by atoms with E-state index in [9.17, 15) is 9.59 Å². The number of carbonyl (C=O) groups excluding carboxylic acids is 2. The van der Waals surface area contributed by atoms with Crippen LogP contribution in [-0.4, -0.2) is 43.0 Å². The first-order chi connectivity index (χ1) is 14.1. The molecule has 2 unspecified atom stereocenters. The van der Waals surface area contributed by atoms with Crippen LogP contribution in [0.15, 0.2) is 54.6 Å². The monoisotopic (exact) mass is 395 g/mol. The minimum Gasteiger partial charge on any atom is -0.497 e. The van der Waals surface area contributed by atoms with E-state index < -0.39 is 0 Å². The van der Waals surface area contributed by atoms with Crippen molar-refractivity contribution < 1.29 is 14.3 Å². The molecule has 0 radical (unpaired) electrons. The SMILES string of the molecule is COc1ccc(CNC(=O)C(C)N2CCCC(C(=O)Nc3ccccc3)C2)cc1. The highest BCUT2D eigenvalue weighted by Gasteiger charge is 2.30. The fourth-order valence-electron chi connectivity index (χ4n) is 3.58. The molecule has 2 aromatic rings. The normalized spacial score (nSPS) is 17.9. The maximum Gasteiger partial charge on any atom is 0.237 e. The standard InChI is InChI=1S/C23H29N3O3/c1-17(22(27)24-15-18-10-12-21(29-2)13-11-18)26-14-6-7-19(16-26)23(28)25-20-8-4-3-5-9-20/h3-5,8-13,17,19H,6-7,14-16H2,1-2H3,(H,24,27)(H,25,28). The Morgan fingerprint density at radius 2 is 1.86 bits per heavy atom. The lowest BCUT2D eigenvalue weighted by Crippen LogP contribution is -2.50. The van der Waals surface area contributed by atoms with E-state index in [1.807, 2.05) is 61.5 Å². The second-order valence-electron chi connectivity index (χ2n) is 7.43. The summed E-state index contributed by atoms with van der Waals surface area (Å²) in [5.74, 6) is 0.680. The van der Waals surface area contributed by atoms with Gasteiger partial charge in [-0.1, -0.05) is 30.3 Å². The summed E-state index contributed by atoms with van der Waals surface area (Å²) in [5.41, 5.74) is 1.82. The van der Waals surface area contributed by atoms with Crippen LogP contribution in [0, 0.1) is 5.92 Å². The van der Waals surface area contributed by atoms with E-state index in [0.29, 0.717) is 13.1 Å². The van der Waals surface area contributed by atoms with Crippen molar-refractivity contribution >= 4 is 17.5 Å². The maximum absolute atomic E-state index is 12.6. The number of methoxy groups -OCH3 is 1. The number of para-hydroxylation sites is 1. The summed E-state index contributed by atoms with van der Waals surface area (Å²) in [6, 6.07) is 16.8. The molecular weight excluding hydrogens is 366 g/mol. The van der Waals surface area contributed by atoms with Crippen LogP contribution in [0.2, 0.25) is 0 Å². The molecule has 2 atom stereocenters. The topological polar surface area (TPSA) is 70.7 Å². The molecule has 154 valence electrons. The molecule has 29 heavy (non-hydrogen) atoms. The average Bonchev–Trinajstić information content (AvgIpc) is 2.78. The van der Waals surface area contributed by atoms with Crippen LogP contribution in [0.4, 0.5) is 5.69 Å². The van der Waals surface area contributed by atoms with Gasteiger partial charge in [0.2, 0.25) is 11.8 Å². The van der Waals surface area contributed by atoms with Gasteiger partial charge in [0, 0.05) is 18.8 Å². The van der Waals surface area contributed by atoms with Crippen molar-refractivity contribution in [2.75, 3.05) is 25.5 Å². The van der Waals surface area contributed by atoms with Crippen LogP contribution in [0.5, 0.6) is 5.75 Å². The molecule has 0 aliphatic carbocycles. The molecule has 0 spiro atoms. The van der Waals surface area contributed by atoms with E-state index in [1.54, 1.807) is 7.11 Å². The Morgan fingerprint density at radius 1 is 1.14 bits per heavy atom. The van der Waals surface area contributed by atoms with Crippen LogP contribution in [0.25, 0.3) is 0 Å². The summed E-state index contributed by atoms with van der Waals surface area (Å²) in [7, 11) is 1.63. The van der Waals surface area contributed by atoms with Gasteiger partial charge in [-0.05, 0) is 56.1 Å². The highest BCUT2D eigenvalue weighted by atomic mass is 16.5. The Balaban J connectivity index is 1.50. The van der Waals surface area contributed by atoms with Gasteiger partial charge in [-0.2, -0.15) is 0 Å². The average molecular weight is 396 g/mol. The van der Waals surface area contributed by atoms with Crippen molar-refractivity contribution in [1.29, 1.82) is 0 Å². The molecule has 6 heteroatoms. The third-order valence-corrected chi connectivity index (χ3v) is 5.42. The fourth-order valence-corrected chi connectivity index (χ4v) is 3.58. The predicted octanol–water partition coefficient (Wildman–Crippen LogP) is 3.05. The van der Waals surface area contributed by atoms with E-state index in [2.05, 4.69) is 15.5 Å². The molecule has 2 aromatic carbocycles. The largest absolute Gasteiger partial charge is 0.497 e. The molecule has 2 amide bonds. The van der Waals surface area contributed by atoms with Crippen LogP contribution in [0.1, 0.15) is 25.3 Å². The minimum absolute atomic E-state index is 0.0201. The van der Waals surface area contributed by atoms with Crippen molar-refractivity contribution in [3.05, 3.63) is 60.2 Å². The van der Waals surface area contributed by atoms with Gasteiger partial charge in [0.1, 0.15) is 5.75 Å². The van der Waals surface area contributed by atoms with E-state index in [-0.39, 0.29) is 23.8 Å². The number of anilines is 1. The number of nitrogens with one attached hydrogen (secondary N) is 2. The van der Waals surface area contributed by atoms with Gasteiger partial charge in [0.25, 0.3) is 0 Å². The third kappa shape index (κ3) is 5.81. The highest BCUT2D eigenvalue weighted by molar-refractivity contribution is 5.92. The summed E-state index contributed by atoms with van der Waals surface area (Å²) in [6.07, 6.45) is 1.75. The van der Waals surface area contributed by atoms with Crippen LogP contribution >= 0.6 is 0 Å². The van der Waals surface area contributed by atoms with E-state index in [0.717, 1.165) is 36.4 Å². The van der Waals surface area contributed by atoms with Gasteiger partial charge < -0.3 is 15.4 Å². The minimum atomic E-state index is -0.277. The second kappa shape index (κ2) is 10.1. The van der Waals surface area contributed by atoms with Gasteiger partial charge in [0.05, 0.1) is 19.1 Å². The molecule has 1 aliphatic rings. The summed E-state index contributed by atoms with van der Waals surface area (Å²) in [5, 5.41) is 5.98. The zero-order valence-electron chi connectivity index (χ0n) is 17.1. The molecule has 0 aromatic heterocycles. The lowest BCUT2D eigenvalue weighted by atomic mass is 9.95. The summed E-state index contributed by atoms with van der Waals surface area (Å²) in [6.45, 7) is 3.79. The number of piperidine rings is 1. The molecule has 3 rings (SSSR count). The first kappa shape index (κ1) is 20.9. The van der Waals surface area contributed by atoms with Crippen LogP contribution in [-0.2, 0) is 16.1 Å². The van der Waals surface area contributed by atoms with Gasteiger partial charge >= 0.3 is 0 Å². The van der Waals surface area contributed by atoms with E-state index in [4.69, 9.17) is 4.74 Å². The smallest absolute Gasteiger partial charge is 0.237 e. The first-order valence-corrected chi connectivity index (χ1v) is 10.1. The number of amides is 2. The van der Waals surface area contributed by atoms with Crippen molar-refractivity contribution in [1.82, 2.24) is 10.2 Å². The zero-order chi connectivity index (χ0) is 20.6. The molecule has 2 N–H and O–H groups in total.